The molecule has 0 radical (unpaired) electrons. The number of anilines is 1. The number of aromatic nitrogens is 1. The second-order valence-corrected chi connectivity index (χ2v) is 4.80. The average Bonchev–Trinajstić information content (AvgIpc) is 2.42. The smallest absolute Gasteiger partial charge is 0.171 e. The number of thiocarbonyl (C=S) groups is 1. The van der Waals surface area contributed by atoms with Crippen molar-refractivity contribution in [2.75, 3.05) is 5.32 Å². The molecule has 3 nitrogen and oxygen atoms in total. The van der Waals surface area contributed by atoms with Gasteiger partial charge in [0.2, 0.25) is 0 Å². The van der Waals surface area contributed by atoms with E-state index in [-0.39, 0.29) is 6.04 Å². The molecule has 0 bridgehead atoms. The SMILES string of the molecule is Cc1ccccc1NC(=S)N[C@H](C)c1ccccn1. The lowest BCUT2D eigenvalue weighted by atomic mass is 10.2. The lowest BCUT2D eigenvalue weighted by Crippen LogP contribution is -2.31. The number of para-hydroxylation sites is 1. The molecule has 0 aliphatic carbocycles. The van der Waals surface area contributed by atoms with Crippen molar-refractivity contribution in [3.8, 4) is 0 Å². The summed E-state index contributed by atoms with van der Waals surface area (Å²) in [7, 11) is 0. The summed E-state index contributed by atoms with van der Waals surface area (Å²) in [5.41, 5.74) is 3.15. The Hall–Kier alpha value is -1.94. The number of aryl methyl sites for hydroxylation is 1. The highest BCUT2D eigenvalue weighted by Crippen LogP contribution is 2.14. The zero-order valence-electron chi connectivity index (χ0n) is 11.1. The van der Waals surface area contributed by atoms with Gasteiger partial charge in [0, 0.05) is 11.9 Å². The van der Waals surface area contributed by atoms with E-state index >= 15 is 0 Å². The molecule has 1 atom stereocenters. The molecule has 0 aliphatic rings. The van der Waals surface area contributed by atoms with Crippen LogP contribution in [-0.2, 0) is 0 Å². The summed E-state index contributed by atoms with van der Waals surface area (Å²) >= 11 is 5.32. The molecular weight excluding hydrogens is 254 g/mol. The number of nitrogens with one attached hydrogen (secondary N) is 2. The van der Waals surface area contributed by atoms with E-state index in [4.69, 9.17) is 12.2 Å². The van der Waals surface area contributed by atoms with Crippen LogP contribution in [-0.4, -0.2) is 10.1 Å². The Bertz CT molecular complexity index is 554. The van der Waals surface area contributed by atoms with Crippen LogP contribution in [0.2, 0.25) is 0 Å². The van der Waals surface area contributed by atoms with Gasteiger partial charge in [0.15, 0.2) is 5.11 Å². The zero-order valence-corrected chi connectivity index (χ0v) is 11.9. The van der Waals surface area contributed by atoms with Gasteiger partial charge < -0.3 is 10.6 Å². The third-order valence-corrected chi connectivity index (χ3v) is 3.09. The van der Waals surface area contributed by atoms with E-state index in [1.54, 1.807) is 6.20 Å². The van der Waals surface area contributed by atoms with Crippen molar-refractivity contribution >= 4 is 23.0 Å². The summed E-state index contributed by atoms with van der Waals surface area (Å²) in [6, 6.07) is 14.0. The van der Waals surface area contributed by atoms with Gasteiger partial charge in [0.05, 0.1) is 11.7 Å². The number of hydrogen-bond acceptors (Lipinski definition) is 2. The summed E-state index contributed by atoms with van der Waals surface area (Å²) < 4.78 is 0. The van der Waals surface area contributed by atoms with E-state index < -0.39 is 0 Å². The molecule has 2 aromatic rings. The van der Waals surface area contributed by atoms with Gasteiger partial charge in [-0.2, -0.15) is 0 Å². The molecule has 19 heavy (non-hydrogen) atoms. The summed E-state index contributed by atoms with van der Waals surface area (Å²) in [4.78, 5) is 4.31. The largest absolute Gasteiger partial charge is 0.354 e. The van der Waals surface area contributed by atoms with Crippen molar-refractivity contribution in [2.24, 2.45) is 0 Å². The molecule has 0 unspecified atom stereocenters. The quantitative estimate of drug-likeness (QED) is 0.839. The minimum atomic E-state index is 0.0743. The Morgan fingerprint density at radius 3 is 2.58 bits per heavy atom. The van der Waals surface area contributed by atoms with E-state index in [1.165, 1.54) is 0 Å². The van der Waals surface area contributed by atoms with Crippen molar-refractivity contribution in [1.82, 2.24) is 10.3 Å². The molecule has 1 aromatic heterocycles. The van der Waals surface area contributed by atoms with Gasteiger partial charge in [0.25, 0.3) is 0 Å². The van der Waals surface area contributed by atoms with Crippen LogP contribution in [0, 0.1) is 6.92 Å². The fourth-order valence-electron chi connectivity index (χ4n) is 1.77. The maximum Gasteiger partial charge on any atom is 0.171 e. The van der Waals surface area contributed by atoms with Crippen LogP contribution in [0.4, 0.5) is 5.69 Å². The Morgan fingerprint density at radius 1 is 1.16 bits per heavy atom. The van der Waals surface area contributed by atoms with Crippen molar-refractivity contribution in [1.29, 1.82) is 0 Å². The third-order valence-electron chi connectivity index (χ3n) is 2.87. The first-order valence-electron chi connectivity index (χ1n) is 6.21. The van der Waals surface area contributed by atoms with E-state index in [9.17, 15) is 0 Å². The third kappa shape index (κ3) is 3.76. The van der Waals surface area contributed by atoms with Gasteiger partial charge in [-0.3, -0.25) is 4.98 Å². The Kier molecular flexibility index (Phi) is 4.47. The second kappa shape index (κ2) is 6.29. The standard InChI is InChI=1S/C15H17N3S/c1-11-7-3-4-8-13(11)18-15(19)17-12(2)14-9-5-6-10-16-14/h3-10,12H,1-2H3,(H2,17,18,19)/t12-/m1/s1. The van der Waals surface area contributed by atoms with Gasteiger partial charge >= 0.3 is 0 Å². The van der Waals surface area contributed by atoms with E-state index in [2.05, 4.69) is 15.6 Å². The molecule has 1 aromatic carbocycles. The first kappa shape index (κ1) is 13.5. The van der Waals surface area contributed by atoms with E-state index in [0.29, 0.717) is 5.11 Å². The monoisotopic (exact) mass is 271 g/mol. The maximum atomic E-state index is 5.32. The summed E-state index contributed by atoms with van der Waals surface area (Å²) in [6.45, 7) is 4.08. The molecule has 0 fully saturated rings. The maximum absolute atomic E-state index is 5.32. The normalized spacial score (nSPS) is 11.7. The minimum absolute atomic E-state index is 0.0743. The summed E-state index contributed by atoms with van der Waals surface area (Å²) in [5, 5.41) is 7.04. The fourth-order valence-corrected chi connectivity index (χ4v) is 2.06. The zero-order chi connectivity index (χ0) is 13.7. The van der Waals surface area contributed by atoms with E-state index in [1.807, 2.05) is 56.3 Å². The van der Waals surface area contributed by atoms with Crippen LogP contribution in [0.3, 0.4) is 0 Å². The van der Waals surface area contributed by atoms with Crippen LogP contribution in [0.15, 0.2) is 48.7 Å². The van der Waals surface area contributed by atoms with E-state index in [0.717, 1.165) is 16.9 Å². The van der Waals surface area contributed by atoms with Gasteiger partial charge in [-0.05, 0) is 49.8 Å². The second-order valence-electron chi connectivity index (χ2n) is 4.39. The van der Waals surface area contributed by atoms with Gasteiger partial charge in [0.1, 0.15) is 0 Å². The molecule has 2 N–H and O–H groups in total. The highest BCUT2D eigenvalue weighted by atomic mass is 32.1. The molecule has 1 heterocycles. The van der Waals surface area contributed by atoms with Crippen LogP contribution < -0.4 is 10.6 Å². The molecule has 0 saturated heterocycles. The minimum Gasteiger partial charge on any atom is -0.354 e. The van der Waals surface area contributed by atoms with Crippen LogP contribution >= 0.6 is 12.2 Å². The van der Waals surface area contributed by atoms with Crippen LogP contribution in [0.1, 0.15) is 24.2 Å². The predicted molar refractivity (Wildman–Crippen MR) is 83.2 cm³/mol. The first-order chi connectivity index (χ1) is 9.16. The van der Waals surface area contributed by atoms with Crippen molar-refractivity contribution in [3.05, 3.63) is 59.9 Å². The topological polar surface area (TPSA) is 37.0 Å². The molecule has 0 aliphatic heterocycles. The molecule has 0 spiro atoms. The molecule has 2 rings (SSSR count). The Balaban J connectivity index is 1.97. The van der Waals surface area contributed by atoms with Gasteiger partial charge in [-0.1, -0.05) is 24.3 Å². The van der Waals surface area contributed by atoms with Crippen molar-refractivity contribution < 1.29 is 0 Å². The van der Waals surface area contributed by atoms with Crippen molar-refractivity contribution in [2.45, 2.75) is 19.9 Å². The van der Waals surface area contributed by atoms with Gasteiger partial charge in [-0.15, -0.1) is 0 Å². The van der Waals surface area contributed by atoms with Crippen LogP contribution in [0.25, 0.3) is 0 Å². The molecular formula is C15H17N3S. The average molecular weight is 271 g/mol. The number of pyridine rings is 1. The number of hydrogen-bond donors (Lipinski definition) is 2. The number of benzene rings is 1. The highest BCUT2D eigenvalue weighted by Gasteiger charge is 2.08. The number of nitrogens with zero attached hydrogens (tertiary/aromatic N) is 1. The Labute approximate surface area is 119 Å². The summed E-state index contributed by atoms with van der Waals surface area (Å²) in [6.07, 6.45) is 1.78. The first-order valence-corrected chi connectivity index (χ1v) is 6.61. The molecule has 0 saturated carbocycles. The lowest BCUT2D eigenvalue weighted by Gasteiger charge is -2.17. The highest BCUT2D eigenvalue weighted by molar-refractivity contribution is 7.80. The van der Waals surface area contributed by atoms with Crippen LogP contribution in [0.5, 0.6) is 0 Å². The predicted octanol–water partition coefficient (Wildman–Crippen LogP) is 3.44. The lowest BCUT2D eigenvalue weighted by molar-refractivity contribution is 0.696. The Morgan fingerprint density at radius 2 is 1.89 bits per heavy atom. The number of rotatable bonds is 3. The molecule has 0 amide bonds. The fraction of sp³-hybridized carbons (Fsp3) is 0.200. The summed E-state index contributed by atoms with van der Waals surface area (Å²) in [5.74, 6) is 0. The van der Waals surface area contributed by atoms with Gasteiger partial charge in [-0.25, -0.2) is 0 Å². The van der Waals surface area contributed by atoms with Crippen molar-refractivity contribution in [3.63, 3.8) is 0 Å². The molecule has 98 valence electrons. The molecule has 4 heteroatoms.